The molecule has 1 saturated carbocycles. The van der Waals surface area contributed by atoms with Gasteiger partial charge in [-0.3, -0.25) is 14.4 Å². The van der Waals surface area contributed by atoms with Crippen molar-refractivity contribution >= 4 is 28.4 Å². The van der Waals surface area contributed by atoms with E-state index in [4.69, 9.17) is 4.42 Å². The average molecular weight is 325 g/mol. The van der Waals surface area contributed by atoms with Crippen molar-refractivity contribution in [1.29, 1.82) is 0 Å². The van der Waals surface area contributed by atoms with Gasteiger partial charge in [0.1, 0.15) is 17.1 Å². The van der Waals surface area contributed by atoms with Gasteiger partial charge >= 0.3 is 0 Å². The van der Waals surface area contributed by atoms with E-state index in [0.29, 0.717) is 37.1 Å². The number of furan rings is 1. The molecule has 5 nitrogen and oxygen atoms in total. The number of fused-ring (bicyclic) bond motifs is 1. The summed E-state index contributed by atoms with van der Waals surface area (Å²) in [6.07, 6.45) is 4.12. The van der Waals surface area contributed by atoms with Crippen LogP contribution in [0.1, 0.15) is 42.5 Å². The summed E-state index contributed by atoms with van der Waals surface area (Å²) < 4.78 is 5.36. The molecule has 0 atom stereocenters. The van der Waals surface area contributed by atoms with Gasteiger partial charge in [-0.25, -0.2) is 0 Å². The molecule has 5 heteroatoms. The van der Waals surface area contributed by atoms with Gasteiger partial charge in [-0.2, -0.15) is 0 Å². The molecule has 1 spiro atoms. The lowest BCUT2D eigenvalue weighted by atomic mass is 9.67. The molecule has 1 saturated heterocycles. The second kappa shape index (κ2) is 5.58. The van der Waals surface area contributed by atoms with Gasteiger partial charge in [0.15, 0.2) is 0 Å². The van der Waals surface area contributed by atoms with Crippen LogP contribution in [0.25, 0.3) is 11.0 Å². The van der Waals surface area contributed by atoms with Crippen LogP contribution in [0.2, 0.25) is 0 Å². The Bertz CT molecular complexity index is 809. The van der Waals surface area contributed by atoms with E-state index in [9.17, 15) is 14.4 Å². The maximum atomic E-state index is 12.7. The third kappa shape index (κ3) is 2.64. The third-order valence-corrected chi connectivity index (χ3v) is 5.35. The number of benzene rings is 1. The fourth-order valence-electron chi connectivity index (χ4n) is 4.05. The van der Waals surface area contributed by atoms with Gasteiger partial charge < -0.3 is 9.32 Å². The number of hydrogen-bond acceptors (Lipinski definition) is 4. The Labute approximate surface area is 139 Å². The summed E-state index contributed by atoms with van der Waals surface area (Å²) in [6, 6.07) is 7.34. The van der Waals surface area contributed by atoms with Crippen LogP contribution in [-0.2, 0) is 9.59 Å². The maximum absolute atomic E-state index is 12.7. The summed E-state index contributed by atoms with van der Waals surface area (Å²) >= 11 is 0. The number of nitrogens with zero attached hydrogens (tertiary/aromatic N) is 1. The topological polar surface area (TPSA) is 67.6 Å². The van der Waals surface area contributed by atoms with E-state index < -0.39 is 0 Å². The highest BCUT2D eigenvalue weighted by Crippen LogP contribution is 2.42. The first-order chi connectivity index (χ1) is 11.5. The lowest BCUT2D eigenvalue weighted by Crippen LogP contribution is -2.46. The fraction of sp³-hybridized carbons (Fsp3) is 0.421. The first-order valence-electron chi connectivity index (χ1n) is 8.35. The minimum Gasteiger partial charge on any atom is -0.464 e. The first kappa shape index (κ1) is 15.1. The molecule has 124 valence electrons. The summed E-state index contributed by atoms with van der Waals surface area (Å²) in [5, 5.41) is 0.975. The van der Waals surface area contributed by atoms with Gasteiger partial charge in [0.2, 0.25) is 0 Å². The van der Waals surface area contributed by atoms with Crippen molar-refractivity contribution in [3.8, 4) is 0 Å². The second-order valence-corrected chi connectivity index (χ2v) is 7.07. The summed E-state index contributed by atoms with van der Waals surface area (Å²) in [6.45, 7) is 1.19. The molecule has 0 N–H and O–H groups in total. The van der Waals surface area contributed by atoms with Crippen molar-refractivity contribution < 1.29 is 18.8 Å². The molecule has 0 bridgehead atoms. The van der Waals surface area contributed by atoms with E-state index in [1.807, 2.05) is 23.1 Å². The van der Waals surface area contributed by atoms with Crippen molar-refractivity contribution in [2.24, 2.45) is 5.41 Å². The van der Waals surface area contributed by atoms with Crippen LogP contribution in [-0.4, -0.2) is 35.5 Å². The number of carbonyl (C=O) groups is 3. The van der Waals surface area contributed by atoms with Crippen LogP contribution in [0.3, 0.4) is 0 Å². The lowest BCUT2D eigenvalue weighted by Gasteiger charge is -2.43. The molecule has 0 radical (unpaired) electrons. The molecule has 2 heterocycles. The normalized spacial score (nSPS) is 20.8. The van der Waals surface area contributed by atoms with E-state index >= 15 is 0 Å². The van der Waals surface area contributed by atoms with Crippen molar-refractivity contribution in [2.45, 2.75) is 32.1 Å². The zero-order chi connectivity index (χ0) is 16.7. The highest BCUT2D eigenvalue weighted by Gasteiger charge is 2.42. The van der Waals surface area contributed by atoms with Gasteiger partial charge in [-0.05, 0) is 36.5 Å². The van der Waals surface area contributed by atoms with Crippen molar-refractivity contribution in [1.82, 2.24) is 4.90 Å². The Kier molecular flexibility index (Phi) is 3.52. The number of ketones is 2. The summed E-state index contributed by atoms with van der Waals surface area (Å²) in [4.78, 5) is 38.1. The third-order valence-electron chi connectivity index (χ3n) is 5.35. The van der Waals surface area contributed by atoms with E-state index in [1.165, 1.54) is 0 Å². The van der Waals surface area contributed by atoms with Gasteiger partial charge in [0, 0.05) is 36.9 Å². The zero-order valence-corrected chi connectivity index (χ0v) is 13.4. The molecule has 0 unspecified atom stereocenters. The Balaban J connectivity index is 1.48. The zero-order valence-electron chi connectivity index (χ0n) is 13.4. The van der Waals surface area contributed by atoms with Crippen LogP contribution < -0.4 is 0 Å². The van der Waals surface area contributed by atoms with Gasteiger partial charge in [-0.1, -0.05) is 6.07 Å². The summed E-state index contributed by atoms with van der Waals surface area (Å²) in [5.41, 5.74) is 1.11. The Hall–Kier alpha value is -2.43. The van der Waals surface area contributed by atoms with E-state index in [0.717, 1.165) is 18.2 Å². The van der Waals surface area contributed by atoms with E-state index in [-0.39, 0.29) is 29.3 Å². The minimum atomic E-state index is -0.214. The number of amides is 1. The molecule has 1 aromatic heterocycles. The maximum Gasteiger partial charge on any atom is 0.253 e. The quantitative estimate of drug-likeness (QED) is 0.756. The Morgan fingerprint density at radius 2 is 1.75 bits per heavy atom. The molecule has 2 aliphatic rings. The number of piperidine rings is 1. The Morgan fingerprint density at radius 1 is 1.04 bits per heavy atom. The van der Waals surface area contributed by atoms with Crippen LogP contribution >= 0.6 is 0 Å². The molecule has 2 aromatic rings. The molecule has 1 aromatic carbocycles. The first-order valence-corrected chi connectivity index (χ1v) is 8.35. The van der Waals surface area contributed by atoms with Crippen molar-refractivity contribution in [3.63, 3.8) is 0 Å². The highest BCUT2D eigenvalue weighted by atomic mass is 16.3. The molecule has 24 heavy (non-hydrogen) atoms. The molecule has 2 fully saturated rings. The monoisotopic (exact) mass is 325 g/mol. The lowest BCUT2D eigenvalue weighted by molar-refractivity contribution is -0.135. The van der Waals surface area contributed by atoms with Crippen LogP contribution in [0, 0.1) is 5.41 Å². The van der Waals surface area contributed by atoms with Crippen molar-refractivity contribution in [3.05, 3.63) is 36.1 Å². The largest absolute Gasteiger partial charge is 0.464 e. The van der Waals surface area contributed by atoms with Gasteiger partial charge in [0.05, 0.1) is 12.7 Å². The van der Waals surface area contributed by atoms with Gasteiger partial charge in [0.25, 0.3) is 5.91 Å². The van der Waals surface area contributed by atoms with Gasteiger partial charge in [-0.15, -0.1) is 0 Å². The van der Waals surface area contributed by atoms with E-state index in [1.54, 1.807) is 12.3 Å². The summed E-state index contributed by atoms with van der Waals surface area (Å²) in [5.74, 6) is 0.0835. The molecular formula is C19H19NO4. The van der Waals surface area contributed by atoms with E-state index in [2.05, 4.69) is 0 Å². The van der Waals surface area contributed by atoms with Crippen LogP contribution in [0.4, 0.5) is 0 Å². The molecule has 4 rings (SSSR count). The standard InChI is InChI=1S/C19H19NO4/c21-15-10-16(22)12-19(11-15)4-6-20(7-5-19)18(23)14-2-1-13-3-8-24-17(13)9-14/h1-3,8-9H,4-7,10-12H2. The SMILES string of the molecule is O=C1CC(=O)CC2(CCN(C(=O)c3ccc4ccoc4c3)CC2)C1. The molecule has 1 amide bonds. The minimum absolute atomic E-state index is 0.0170. The van der Waals surface area contributed by atoms with Crippen molar-refractivity contribution in [2.75, 3.05) is 13.1 Å². The van der Waals surface area contributed by atoms with Crippen LogP contribution in [0.15, 0.2) is 34.9 Å². The number of rotatable bonds is 1. The molecular weight excluding hydrogens is 306 g/mol. The number of carbonyl (C=O) groups excluding carboxylic acids is 3. The fourth-order valence-corrected chi connectivity index (χ4v) is 4.05. The smallest absolute Gasteiger partial charge is 0.253 e. The summed E-state index contributed by atoms with van der Waals surface area (Å²) in [7, 11) is 0. The number of likely N-dealkylation sites (tertiary alicyclic amines) is 1. The molecule has 1 aliphatic heterocycles. The van der Waals surface area contributed by atoms with Crippen LogP contribution in [0.5, 0.6) is 0 Å². The molecule has 1 aliphatic carbocycles. The number of hydrogen-bond donors (Lipinski definition) is 0. The Morgan fingerprint density at radius 3 is 2.46 bits per heavy atom. The second-order valence-electron chi connectivity index (χ2n) is 7.07. The predicted molar refractivity (Wildman–Crippen MR) is 87.6 cm³/mol. The predicted octanol–water partition coefficient (Wildman–Crippen LogP) is 2.98. The average Bonchev–Trinajstić information content (AvgIpc) is 3.01. The number of Topliss-reactive ketones (excluding diaryl/α,β-unsaturated/α-hetero) is 2. The highest BCUT2D eigenvalue weighted by molar-refractivity contribution is 6.02.